The third-order valence-electron chi connectivity index (χ3n) is 2.33. The first kappa shape index (κ1) is 6.82. The Morgan fingerprint density at radius 2 is 2.15 bits per heavy atom. The maximum Gasteiger partial charge on any atom is 0.177 e. The number of hydrogen-bond donors (Lipinski definition) is 0. The molecule has 3 rings (SSSR count). The summed E-state index contributed by atoms with van der Waals surface area (Å²) >= 11 is 0. The summed E-state index contributed by atoms with van der Waals surface area (Å²) in [5, 5.41) is 12.0. The van der Waals surface area contributed by atoms with E-state index in [9.17, 15) is 0 Å². The molecule has 13 heavy (non-hydrogen) atoms. The highest BCUT2D eigenvalue weighted by Crippen LogP contribution is 2.17. The van der Waals surface area contributed by atoms with E-state index in [4.69, 9.17) is 0 Å². The van der Waals surface area contributed by atoms with Gasteiger partial charge in [0.25, 0.3) is 0 Å². The number of nitrogens with zero attached hydrogens (tertiary/aromatic N) is 5. The summed E-state index contributed by atoms with van der Waals surface area (Å²) in [5.74, 6) is 1.01. The average Bonchev–Trinajstić information content (AvgIpc) is 2.47. The van der Waals surface area contributed by atoms with Crippen LogP contribution in [0.2, 0.25) is 0 Å². The van der Waals surface area contributed by atoms with E-state index >= 15 is 0 Å². The second kappa shape index (κ2) is 2.42. The summed E-state index contributed by atoms with van der Waals surface area (Å²) in [6.45, 7) is 2.22. The lowest BCUT2D eigenvalue weighted by Gasteiger charge is -2.31. The topological polar surface area (TPSA) is 46.3 Å². The minimum Gasteiger partial charge on any atom is -0.355 e. The molecule has 5 heteroatoms. The van der Waals surface area contributed by atoms with Gasteiger partial charge in [0.2, 0.25) is 0 Å². The molecule has 1 fully saturated rings. The van der Waals surface area contributed by atoms with Gasteiger partial charge >= 0.3 is 0 Å². The van der Waals surface area contributed by atoms with E-state index < -0.39 is 0 Å². The predicted molar refractivity (Wildman–Crippen MR) is 47.6 cm³/mol. The van der Waals surface area contributed by atoms with E-state index in [2.05, 4.69) is 20.2 Å². The standard InChI is InChI=1S/C8H9N5/c1-4-12(5-1)8-3-2-7-10-9-6-13(7)11-8/h2-3,6H,1,4-5H2. The first-order chi connectivity index (χ1) is 6.43. The molecule has 0 aromatic carbocycles. The molecule has 0 N–H and O–H groups in total. The Morgan fingerprint density at radius 1 is 1.23 bits per heavy atom. The molecule has 1 aliphatic rings. The number of fused-ring (bicyclic) bond motifs is 1. The second-order valence-corrected chi connectivity index (χ2v) is 3.17. The summed E-state index contributed by atoms with van der Waals surface area (Å²) in [6, 6.07) is 3.93. The summed E-state index contributed by atoms with van der Waals surface area (Å²) in [4.78, 5) is 2.24. The van der Waals surface area contributed by atoms with Gasteiger partial charge in [-0.05, 0) is 18.6 Å². The molecule has 0 spiro atoms. The van der Waals surface area contributed by atoms with Gasteiger partial charge in [0.05, 0.1) is 0 Å². The van der Waals surface area contributed by atoms with Gasteiger partial charge in [-0.15, -0.1) is 15.3 Å². The molecule has 3 heterocycles. The first-order valence-electron chi connectivity index (χ1n) is 4.35. The summed E-state index contributed by atoms with van der Waals surface area (Å²) in [6.07, 6.45) is 2.89. The van der Waals surface area contributed by atoms with Crippen molar-refractivity contribution in [2.24, 2.45) is 0 Å². The van der Waals surface area contributed by atoms with E-state index in [0.29, 0.717) is 0 Å². The van der Waals surface area contributed by atoms with Crippen molar-refractivity contribution in [2.75, 3.05) is 18.0 Å². The molecule has 0 amide bonds. The van der Waals surface area contributed by atoms with Crippen LogP contribution in [0.15, 0.2) is 18.5 Å². The smallest absolute Gasteiger partial charge is 0.177 e. The molecule has 1 saturated heterocycles. The lowest BCUT2D eigenvalue weighted by Crippen LogP contribution is -2.37. The van der Waals surface area contributed by atoms with Crippen molar-refractivity contribution < 1.29 is 0 Å². The van der Waals surface area contributed by atoms with E-state index in [-0.39, 0.29) is 0 Å². The fourth-order valence-corrected chi connectivity index (χ4v) is 1.43. The highest BCUT2D eigenvalue weighted by molar-refractivity contribution is 5.46. The Balaban J connectivity index is 2.09. The summed E-state index contributed by atoms with van der Waals surface area (Å²) in [5.41, 5.74) is 0.796. The van der Waals surface area contributed by atoms with E-state index in [1.807, 2.05) is 12.1 Å². The number of anilines is 1. The van der Waals surface area contributed by atoms with Crippen LogP contribution >= 0.6 is 0 Å². The summed E-state index contributed by atoms with van der Waals surface area (Å²) in [7, 11) is 0. The normalized spacial score (nSPS) is 16.2. The molecule has 5 nitrogen and oxygen atoms in total. The van der Waals surface area contributed by atoms with Crippen molar-refractivity contribution >= 4 is 11.5 Å². The molecule has 1 aliphatic heterocycles. The van der Waals surface area contributed by atoms with Crippen LogP contribution in [-0.4, -0.2) is 32.9 Å². The van der Waals surface area contributed by atoms with Crippen LogP contribution < -0.4 is 4.90 Å². The Labute approximate surface area is 75.0 Å². The third kappa shape index (κ3) is 0.965. The molecule has 0 radical (unpaired) electrons. The minimum absolute atomic E-state index is 0.796. The largest absolute Gasteiger partial charge is 0.355 e. The van der Waals surface area contributed by atoms with Gasteiger partial charge in [-0.2, -0.15) is 4.52 Å². The van der Waals surface area contributed by atoms with E-state index in [1.54, 1.807) is 10.8 Å². The summed E-state index contributed by atoms with van der Waals surface area (Å²) < 4.78 is 1.70. The first-order valence-corrected chi connectivity index (χ1v) is 4.35. The molecular formula is C8H9N5. The molecule has 2 aromatic heterocycles. The Hall–Kier alpha value is -1.65. The van der Waals surface area contributed by atoms with Gasteiger partial charge in [-0.25, -0.2) is 0 Å². The average molecular weight is 175 g/mol. The van der Waals surface area contributed by atoms with Crippen molar-refractivity contribution in [1.82, 2.24) is 19.8 Å². The van der Waals surface area contributed by atoms with Gasteiger partial charge in [0, 0.05) is 13.1 Å². The van der Waals surface area contributed by atoms with Crippen LogP contribution in [0.1, 0.15) is 6.42 Å². The van der Waals surface area contributed by atoms with Gasteiger partial charge in [0.15, 0.2) is 5.65 Å². The SMILES string of the molecule is c1cc2nncn2nc1N1CCC1. The van der Waals surface area contributed by atoms with Crippen LogP contribution in [0.4, 0.5) is 5.82 Å². The Bertz CT molecular complexity index is 431. The molecule has 0 bridgehead atoms. The van der Waals surface area contributed by atoms with Crippen LogP contribution in [0.3, 0.4) is 0 Å². The van der Waals surface area contributed by atoms with E-state index in [1.165, 1.54) is 6.42 Å². The van der Waals surface area contributed by atoms with Crippen molar-refractivity contribution in [2.45, 2.75) is 6.42 Å². The molecule has 0 saturated carbocycles. The van der Waals surface area contributed by atoms with Crippen molar-refractivity contribution in [1.29, 1.82) is 0 Å². The van der Waals surface area contributed by atoms with Gasteiger partial charge in [-0.1, -0.05) is 0 Å². The zero-order valence-corrected chi connectivity index (χ0v) is 7.09. The van der Waals surface area contributed by atoms with Gasteiger partial charge in [-0.3, -0.25) is 0 Å². The Morgan fingerprint density at radius 3 is 2.92 bits per heavy atom. The maximum absolute atomic E-state index is 4.37. The fourth-order valence-electron chi connectivity index (χ4n) is 1.43. The van der Waals surface area contributed by atoms with E-state index in [0.717, 1.165) is 24.6 Å². The van der Waals surface area contributed by atoms with Crippen LogP contribution in [0.5, 0.6) is 0 Å². The molecular weight excluding hydrogens is 166 g/mol. The van der Waals surface area contributed by atoms with Crippen LogP contribution in [0.25, 0.3) is 5.65 Å². The van der Waals surface area contributed by atoms with Gasteiger partial charge < -0.3 is 4.90 Å². The third-order valence-corrected chi connectivity index (χ3v) is 2.33. The number of rotatable bonds is 1. The van der Waals surface area contributed by atoms with Crippen LogP contribution in [0, 0.1) is 0 Å². The highest BCUT2D eigenvalue weighted by Gasteiger charge is 2.15. The number of aromatic nitrogens is 4. The molecule has 0 aliphatic carbocycles. The monoisotopic (exact) mass is 175 g/mol. The maximum atomic E-state index is 4.37. The molecule has 2 aromatic rings. The van der Waals surface area contributed by atoms with Crippen molar-refractivity contribution in [3.8, 4) is 0 Å². The van der Waals surface area contributed by atoms with Gasteiger partial charge in [0.1, 0.15) is 12.1 Å². The number of hydrogen-bond acceptors (Lipinski definition) is 4. The minimum atomic E-state index is 0.796. The Kier molecular flexibility index (Phi) is 1.27. The quantitative estimate of drug-likeness (QED) is 0.626. The lowest BCUT2D eigenvalue weighted by molar-refractivity contribution is 0.603. The second-order valence-electron chi connectivity index (χ2n) is 3.17. The van der Waals surface area contributed by atoms with Crippen molar-refractivity contribution in [3.63, 3.8) is 0 Å². The molecule has 0 unspecified atom stereocenters. The lowest BCUT2D eigenvalue weighted by atomic mass is 10.2. The highest BCUT2D eigenvalue weighted by atomic mass is 15.4. The zero-order valence-electron chi connectivity index (χ0n) is 7.09. The predicted octanol–water partition coefficient (Wildman–Crippen LogP) is 0.334. The molecule has 66 valence electrons. The zero-order chi connectivity index (χ0) is 8.67. The fraction of sp³-hybridized carbons (Fsp3) is 0.375. The molecule has 0 atom stereocenters. The van der Waals surface area contributed by atoms with Crippen molar-refractivity contribution in [3.05, 3.63) is 18.5 Å². The van der Waals surface area contributed by atoms with Crippen LogP contribution in [-0.2, 0) is 0 Å².